The summed E-state index contributed by atoms with van der Waals surface area (Å²) < 4.78 is 0. The molecule has 0 bridgehead atoms. The molecule has 102 valence electrons. The van der Waals surface area contributed by atoms with Gasteiger partial charge in [-0.1, -0.05) is 12.1 Å². The Balaban J connectivity index is 2.42. The third-order valence-electron chi connectivity index (χ3n) is 2.24. The minimum absolute atomic E-state index is 0.112. The van der Waals surface area contributed by atoms with Gasteiger partial charge in [0.2, 0.25) is 5.91 Å². The van der Waals surface area contributed by atoms with Crippen molar-refractivity contribution in [1.82, 2.24) is 10.6 Å². The Kier molecular flexibility index (Phi) is 5.49. The lowest BCUT2D eigenvalue weighted by Crippen LogP contribution is -2.39. The van der Waals surface area contributed by atoms with Crippen molar-refractivity contribution < 1.29 is 24.6 Å². The van der Waals surface area contributed by atoms with Crippen LogP contribution in [0.3, 0.4) is 0 Å². The van der Waals surface area contributed by atoms with E-state index in [1.54, 1.807) is 12.1 Å². The Labute approximate surface area is 109 Å². The number of carbonyl (C=O) groups excluding carboxylic acids is 2. The van der Waals surface area contributed by atoms with Crippen LogP contribution in [0.15, 0.2) is 24.3 Å². The summed E-state index contributed by atoms with van der Waals surface area (Å²) in [7, 11) is 0. The van der Waals surface area contributed by atoms with Crippen molar-refractivity contribution >= 4 is 17.8 Å². The zero-order valence-corrected chi connectivity index (χ0v) is 10.0. The molecule has 0 radical (unpaired) electrons. The molecule has 0 saturated carbocycles. The van der Waals surface area contributed by atoms with Crippen LogP contribution in [0, 0.1) is 0 Å². The Morgan fingerprint density at radius 1 is 1.00 bits per heavy atom. The zero-order chi connectivity index (χ0) is 14.3. The zero-order valence-electron chi connectivity index (χ0n) is 10.0. The van der Waals surface area contributed by atoms with Gasteiger partial charge in [0, 0.05) is 5.56 Å². The molecule has 0 fully saturated rings. The molecule has 0 aliphatic heterocycles. The third kappa shape index (κ3) is 5.17. The van der Waals surface area contributed by atoms with Crippen LogP contribution in [-0.4, -0.2) is 41.1 Å². The molecule has 19 heavy (non-hydrogen) atoms. The summed E-state index contributed by atoms with van der Waals surface area (Å²) in [5.74, 6) is -2.18. The van der Waals surface area contributed by atoms with E-state index in [1.165, 1.54) is 12.1 Å². The van der Waals surface area contributed by atoms with Crippen LogP contribution in [0.4, 0.5) is 0 Å². The molecule has 1 rings (SSSR count). The van der Waals surface area contributed by atoms with Crippen LogP contribution >= 0.6 is 0 Å². The van der Waals surface area contributed by atoms with E-state index >= 15 is 0 Å². The van der Waals surface area contributed by atoms with Gasteiger partial charge in [-0.3, -0.25) is 14.4 Å². The van der Waals surface area contributed by atoms with E-state index < -0.39 is 24.3 Å². The highest BCUT2D eigenvalue weighted by Crippen LogP contribution is 2.03. The van der Waals surface area contributed by atoms with Gasteiger partial charge in [0.1, 0.15) is 6.54 Å². The molecular formula is C12H14N2O5. The average Bonchev–Trinajstić information content (AvgIpc) is 2.42. The van der Waals surface area contributed by atoms with E-state index in [0.29, 0.717) is 11.1 Å². The van der Waals surface area contributed by atoms with Crippen LogP contribution in [0.2, 0.25) is 0 Å². The highest BCUT2D eigenvalue weighted by molar-refractivity contribution is 5.96. The first kappa shape index (κ1) is 14.7. The number of amides is 2. The summed E-state index contributed by atoms with van der Waals surface area (Å²) >= 11 is 0. The van der Waals surface area contributed by atoms with Gasteiger partial charge in [-0.2, -0.15) is 0 Å². The van der Waals surface area contributed by atoms with Crippen LogP contribution in [0.1, 0.15) is 15.9 Å². The van der Waals surface area contributed by atoms with Crippen LogP contribution < -0.4 is 10.6 Å². The molecule has 0 saturated heterocycles. The first-order chi connectivity index (χ1) is 9.02. The SMILES string of the molecule is O=C(O)CNC(=O)CNC(=O)c1ccc(CO)cc1. The first-order valence-electron chi connectivity index (χ1n) is 5.49. The third-order valence-corrected chi connectivity index (χ3v) is 2.24. The van der Waals surface area contributed by atoms with Crippen molar-refractivity contribution in [1.29, 1.82) is 0 Å². The summed E-state index contributed by atoms with van der Waals surface area (Å²) in [5, 5.41) is 21.7. The average molecular weight is 266 g/mol. The van der Waals surface area contributed by atoms with E-state index in [1.807, 2.05) is 0 Å². The number of carboxylic acid groups (broad SMARTS) is 1. The number of hydrogen-bond acceptors (Lipinski definition) is 4. The second kappa shape index (κ2) is 7.12. The highest BCUT2D eigenvalue weighted by Gasteiger charge is 2.08. The number of aliphatic hydroxyl groups excluding tert-OH is 1. The van der Waals surface area contributed by atoms with E-state index in [-0.39, 0.29) is 13.2 Å². The van der Waals surface area contributed by atoms with Gasteiger partial charge in [-0.15, -0.1) is 0 Å². The molecule has 0 aromatic heterocycles. The number of rotatable bonds is 6. The lowest BCUT2D eigenvalue weighted by molar-refractivity contribution is -0.137. The van der Waals surface area contributed by atoms with Crippen molar-refractivity contribution in [3.8, 4) is 0 Å². The quantitative estimate of drug-likeness (QED) is 0.533. The van der Waals surface area contributed by atoms with Crippen molar-refractivity contribution in [3.63, 3.8) is 0 Å². The Morgan fingerprint density at radius 3 is 2.16 bits per heavy atom. The van der Waals surface area contributed by atoms with Crippen molar-refractivity contribution in [2.75, 3.05) is 13.1 Å². The van der Waals surface area contributed by atoms with E-state index in [2.05, 4.69) is 10.6 Å². The molecule has 1 aromatic carbocycles. The number of benzene rings is 1. The fraction of sp³-hybridized carbons (Fsp3) is 0.250. The summed E-state index contributed by atoms with van der Waals surface area (Å²) in [5.41, 5.74) is 1.03. The maximum Gasteiger partial charge on any atom is 0.322 e. The van der Waals surface area contributed by atoms with Crippen LogP contribution in [0.5, 0.6) is 0 Å². The topological polar surface area (TPSA) is 116 Å². The minimum Gasteiger partial charge on any atom is -0.480 e. The van der Waals surface area contributed by atoms with E-state index in [9.17, 15) is 14.4 Å². The van der Waals surface area contributed by atoms with Crippen LogP contribution in [-0.2, 0) is 16.2 Å². The summed E-state index contributed by atoms with van der Waals surface area (Å²) in [4.78, 5) is 33.0. The number of aliphatic carboxylic acids is 1. The standard InChI is InChI=1S/C12H14N2O5/c15-7-8-1-3-9(4-2-8)12(19)14-5-10(16)13-6-11(17)18/h1-4,15H,5-7H2,(H,13,16)(H,14,19)(H,17,18). The monoisotopic (exact) mass is 266 g/mol. The Hall–Kier alpha value is -2.41. The van der Waals surface area contributed by atoms with Gasteiger partial charge in [0.05, 0.1) is 13.2 Å². The predicted molar refractivity (Wildman–Crippen MR) is 65.3 cm³/mol. The maximum absolute atomic E-state index is 11.6. The largest absolute Gasteiger partial charge is 0.480 e. The molecule has 0 heterocycles. The number of carboxylic acids is 1. The Morgan fingerprint density at radius 2 is 1.63 bits per heavy atom. The van der Waals surface area contributed by atoms with Gasteiger partial charge in [0.25, 0.3) is 5.91 Å². The fourth-order valence-corrected chi connectivity index (χ4v) is 1.26. The first-order valence-corrected chi connectivity index (χ1v) is 5.49. The molecule has 1 aromatic rings. The summed E-state index contributed by atoms with van der Waals surface area (Å²) in [6.45, 7) is -0.896. The Bertz CT molecular complexity index is 470. The molecule has 7 heteroatoms. The molecule has 0 unspecified atom stereocenters. The second-order valence-electron chi connectivity index (χ2n) is 3.71. The normalized spacial score (nSPS) is 9.74. The number of aliphatic hydroxyl groups is 1. The van der Waals surface area contributed by atoms with Gasteiger partial charge in [-0.05, 0) is 17.7 Å². The van der Waals surface area contributed by atoms with Gasteiger partial charge < -0.3 is 20.8 Å². The molecule has 0 spiro atoms. The number of hydrogen-bond donors (Lipinski definition) is 4. The molecule has 0 aliphatic rings. The summed E-state index contributed by atoms with van der Waals surface area (Å²) in [6.07, 6.45) is 0. The molecule has 7 nitrogen and oxygen atoms in total. The number of nitrogens with one attached hydrogen (secondary N) is 2. The van der Waals surface area contributed by atoms with Crippen molar-refractivity contribution in [3.05, 3.63) is 35.4 Å². The van der Waals surface area contributed by atoms with E-state index in [0.717, 1.165) is 0 Å². The van der Waals surface area contributed by atoms with Crippen molar-refractivity contribution in [2.24, 2.45) is 0 Å². The fourth-order valence-electron chi connectivity index (χ4n) is 1.26. The van der Waals surface area contributed by atoms with Gasteiger partial charge in [-0.25, -0.2) is 0 Å². The lowest BCUT2D eigenvalue weighted by atomic mass is 10.1. The lowest BCUT2D eigenvalue weighted by Gasteiger charge is -2.06. The summed E-state index contributed by atoms with van der Waals surface area (Å²) in [6, 6.07) is 6.24. The van der Waals surface area contributed by atoms with Crippen LogP contribution in [0.25, 0.3) is 0 Å². The molecular weight excluding hydrogens is 252 g/mol. The highest BCUT2D eigenvalue weighted by atomic mass is 16.4. The minimum atomic E-state index is -1.15. The van der Waals surface area contributed by atoms with Crippen molar-refractivity contribution in [2.45, 2.75) is 6.61 Å². The predicted octanol–water partition coefficient (Wildman–Crippen LogP) is -0.890. The second-order valence-corrected chi connectivity index (χ2v) is 3.71. The maximum atomic E-state index is 11.6. The molecule has 4 N–H and O–H groups in total. The number of carbonyl (C=O) groups is 3. The molecule has 0 aliphatic carbocycles. The smallest absolute Gasteiger partial charge is 0.322 e. The van der Waals surface area contributed by atoms with E-state index in [4.69, 9.17) is 10.2 Å². The molecule has 2 amide bonds. The molecule has 0 atom stereocenters. The van der Waals surface area contributed by atoms with Gasteiger partial charge in [0.15, 0.2) is 0 Å². The van der Waals surface area contributed by atoms with Gasteiger partial charge >= 0.3 is 5.97 Å².